The third-order valence-electron chi connectivity index (χ3n) is 5.49. The van der Waals surface area contributed by atoms with E-state index in [4.69, 9.17) is 4.74 Å². The predicted molar refractivity (Wildman–Crippen MR) is 93.5 cm³/mol. The summed E-state index contributed by atoms with van der Waals surface area (Å²) in [5.41, 5.74) is -0.687. The van der Waals surface area contributed by atoms with Gasteiger partial charge in [0.1, 0.15) is 5.75 Å². The third-order valence-corrected chi connectivity index (χ3v) is 5.49. The number of fused-ring (bicyclic) bond motifs is 1. The number of para-hydroxylation sites is 1. The maximum atomic E-state index is 12.6. The van der Waals surface area contributed by atoms with Crippen LogP contribution in [0.2, 0.25) is 0 Å². The molecule has 1 aliphatic heterocycles. The zero-order valence-corrected chi connectivity index (χ0v) is 14.6. The van der Waals surface area contributed by atoms with E-state index >= 15 is 0 Å². The highest BCUT2D eigenvalue weighted by Gasteiger charge is 2.47. The lowest BCUT2D eigenvalue weighted by Gasteiger charge is -2.49. The van der Waals surface area contributed by atoms with E-state index in [1.807, 2.05) is 39.8 Å². The number of aromatic amines is 1. The summed E-state index contributed by atoms with van der Waals surface area (Å²) in [6.07, 6.45) is 0.672. The summed E-state index contributed by atoms with van der Waals surface area (Å²) >= 11 is 0. The lowest BCUT2D eigenvalue weighted by Crippen LogP contribution is -2.54. The molecule has 1 aromatic carbocycles. The van der Waals surface area contributed by atoms with E-state index in [1.54, 1.807) is 12.1 Å². The molecule has 5 heteroatoms. The van der Waals surface area contributed by atoms with Crippen molar-refractivity contribution in [2.45, 2.75) is 63.8 Å². The smallest absolute Gasteiger partial charge is 0.255 e. The normalized spacial score (nSPS) is 28.0. The summed E-state index contributed by atoms with van der Waals surface area (Å²) in [5, 5.41) is 21.5. The molecule has 130 valence electrons. The van der Waals surface area contributed by atoms with Crippen molar-refractivity contribution in [2.24, 2.45) is 0 Å². The average molecular weight is 331 g/mol. The summed E-state index contributed by atoms with van der Waals surface area (Å²) in [7, 11) is 0. The highest BCUT2D eigenvalue weighted by molar-refractivity contribution is 5.85. The van der Waals surface area contributed by atoms with Gasteiger partial charge >= 0.3 is 0 Å². The number of aliphatic hydroxyl groups excluding tert-OH is 1. The number of aliphatic hydroxyl groups is 1. The van der Waals surface area contributed by atoms with Crippen molar-refractivity contribution in [2.75, 3.05) is 0 Å². The van der Waals surface area contributed by atoms with Crippen LogP contribution < -0.4 is 5.56 Å². The zero-order chi connectivity index (χ0) is 17.7. The Bertz CT molecular complexity index is 826. The second-order valence-corrected chi connectivity index (χ2v) is 7.56. The third kappa shape index (κ3) is 2.62. The van der Waals surface area contributed by atoms with Crippen molar-refractivity contribution in [3.8, 4) is 5.75 Å². The van der Waals surface area contributed by atoms with Crippen molar-refractivity contribution in [3.05, 3.63) is 40.2 Å². The standard InChI is InChI=1S/C19H25NO4/c1-11(19(4)10-9-14(21)18(2,3)24-19)15-16(22)12-7-5-6-8-13(12)20-17(15)23/h5-8,11,14,21H,9-10H2,1-4H3,(H2,20,22,23)/t11-,14+,19-/m0/s1. The largest absolute Gasteiger partial charge is 0.507 e. The number of nitrogens with one attached hydrogen (secondary N) is 1. The molecule has 1 fully saturated rings. The van der Waals surface area contributed by atoms with Gasteiger partial charge in [-0.3, -0.25) is 4.79 Å². The minimum atomic E-state index is -0.694. The van der Waals surface area contributed by atoms with Gasteiger partial charge in [0.25, 0.3) is 5.56 Å². The number of ether oxygens (including phenoxy) is 1. The number of pyridine rings is 1. The first-order valence-corrected chi connectivity index (χ1v) is 8.38. The van der Waals surface area contributed by atoms with Crippen LogP contribution in [0.1, 0.15) is 52.0 Å². The first kappa shape index (κ1) is 17.0. The van der Waals surface area contributed by atoms with Crippen LogP contribution >= 0.6 is 0 Å². The fraction of sp³-hybridized carbons (Fsp3) is 0.526. The van der Waals surface area contributed by atoms with Crippen molar-refractivity contribution in [3.63, 3.8) is 0 Å². The summed E-state index contributed by atoms with van der Waals surface area (Å²) < 4.78 is 6.20. The Balaban J connectivity index is 2.09. The van der Waals surface area contributed by atoms with Gasteiger partial charge in [0, 0.05) is 11.3 Å². The fourth-order valence-electron chi connectivity index (χ4n) is 3.74. The number of aromatic hydroxyl groups is 1. The summed E-state index contributed by atoms with van der Waals surface area (Å²) in [6.45, 7) is 7.55. The molecule has 3 rings (SSSR count). The monoisotopic (exact) mass is 331 g/mol. The van der Waals surface area contributed by atoms with Gasteiger partial charge in [-0.2, -0.15) is 0 Å². The lowest BCUT2D eigenvalue weighted by molar-refractivity contribution is -0.221. The maximum absolute atomic E-state index is 12.6. The number of rotatable bonds is 2. The summed E-state index contributed by atoms with van der Waals surface area (Å²) in [6, 6.07) is 7.20. The highest BCUT2D eigenvalue weighted by Crippen LogP contribution is 2.45. The Morgan fingerprint density at radius 2 is 1.96 bits per heavy atom. The van der Waals surface area contributed by atoms with Gasteiger partial charge in [-0.05, 0) is 45.7 Å². The number of benzene rings is 1. The highest BCUT2D eigenvalue weighted by atomic mass is 16.5. The molecular weight excluding hydrogens is 306 g/mol. The Labute approximate surface area is 141 Å². The maximum Gasteiger partial charge on any atom is 0.255 e. The minimum Gasteiger partial charge on any atom is -0.507 e. The van der Waals surface area contributed by atoms with Crippen molar-refractivity contribution in [1.82, 2.24) is 4.98 Å². The molecule has 0 amide bonds. The Kier molecular flexibility index (Phi) is 3.97. The Hall–Kier alpha value is -1.85. The number of aromatic nitrogens is 1. The molecule has 0 radical (unpaired) electrons. The molecule has 0 aliphatic carbocycles. The zero-order valence-electron chi connectivity index (χ0n) is 14.6. The van der Waals surface area contributed by atoms with E-state index in [0.29, 0.717) is 29.3 Å². The van der Waals surface area contributed by atoms with Crippen molar-refractivity contribution < 1.29 is 14.9 Å². The van der Waals surface area contributed by atoms with Gasteiger partial charge in [-0.25, -0.2) is 0 Å². The van der Waals surface area contributed by atoms with Gasteiger partial charge in [-0.1, -0.05) is 19.1 Å². The van der Waals surface area contributed by atoms with Crippen LogP contribution in [0.25, 0.3) is 10.9 Å². The average Bonchev–Trinajstić information content (AvgIpc) is 2.51. The topological polar surface area (TPSA) is 82.5 Å². The van der Waals surface area contributed by atoms with Crippen LogP contribution in [0, 0.1) is 0 Å². The van der Waals surface area contributed by atoms with Crippen molar-refractivity contribution in [1.29, 1.82) is 0 Å². The molecule has 1 aromatic heterocycles. The van der Waals surface area contributed by atoms with Crippen LogP contribution in [0.5, 0.6) is 5.75 Å². The van der Waals surface area contributed by atoms with E-state index < -0.39 is 17.3 Å². The molecule has 24 heavy (non-hydrogen) atoms. The molecule has 2 aromatic rings. The molecule has 3 atom stereocenters. The first-order valence-electron chi connectivity index (χ1n) is 8.38. The van der Waals surface area contributed by atoms with E-state index in [1.165, 1.54) is 0 Å². The van der Waals surface area contributed by atoms with Crippen LogP contribution in [0.4, 0.5) is 0 Å². The second kappa shape index (κ2) is 5.60. The van der Waals surface area contributed by atoms with E-state index in [9.17, 15) is 15.0 Å². The Morgan fingerprint density at radius 1 is 1.29 bits per heavy atom. The fourth-order valence-corrected chi connectivity index (χ4v) is 3.74. The number of H-pyrrole nitrogens is 1. The first-order chi connectivity index (χ1) is 11.2. The molecule has 5 nitrogen and oxygen atoms in total. The van der Waals surface area contributed by atoms with Crippen molar-refractivity contribution >= 4 is 10.9 Å². The van der Waals surface area contributed by atoms with Gasteiger partial charge in [-0.15, -0.1) is 0 Å². The minimum absolute atomic E-state index is 0.00982. The second-order valence-electron chi connectivity index (χ2n) is 7.56. The summed E-state index contributed by atoms with van der Waals surface area (Å²) in [4.78, 5) is 15.4. The quantitative estimate of drug-likeness (QED) is 0.790. The van der Waals surface area contributed by atoms with Crippen LogP contribution in [0.15, 0.2) is 29.1 Å². The van der Waals surface area contributed by atoms with Gasteiger partial charge in [0.15, 0.2) is 0 Å². The van der Waals surface area contributed by atoms with Crippen LogP contribution in [0.3, 0.4) is 0 Å². The molecule has 3 N–H and O–H groups in total. The Morgan fingerprint density at radius 3 is 2.62 bits per heavy atom. The molecule has 1 aliphatic rings. The van der Waals surface area contributed by atoms with Crippen LogP contribution in [-0.2, 0) is 4.74 Å². The SMILES string of the molecule is C[C@@H](c1c(O)c2ccccc2[nH]c1=O)[C@]1(C)CC[C@@H](O)C(C)(C)O1. The summed E-state index contributed by atoms with van der Waals surface area (Å²) in [5.74, 6) is -0.312. The molecule has 2 heterocycles. The molecular formula is C19H25NO4. The van der Waals surface area contributed by atoms with Gasteiger partial charge in [0.05, 0.1) is 28.4 Å². The molecule has 0 unspecified atom stereocenters. The van der Waals surface area contributed by atoms with E-state index in [0.717, 1.165) is 0 Å². The lowest BCUT2D eigenvalue weighted by atomic mass is 9.76. The van der Waals surface area contributed by atoms with E-state index in [2.05, 4.69) is 4.98 Å². The predicted octanol–water partition coefficient (Wildman–Crippen LogP) is 3.05. The number of hydrogen-bond donors (Lipinski definition) is 3. The van der Waals surface area contributed by atoms with Gasteiger partial charge in [0.2, 0.25) is 0 Å². The van der Waals surface area contributed by atoms with Gasteiger partial charge < -0.3 is 19.9 Å². The number of hydrogen-bond acceptors (Lipinski definition) is 4. The molecule has 0 saturated carbocycles. The molecule has 1 saturated heterocycles. The molecule has 0 bridgehead atoms. The van der Waals surface area contributed by atoms with Crippen LogP contribution in [-0.4, -0.2) is 32.5 Å². The molecule has 0 spiro atoms. The van der Waals surface area contributed by atoms with E-state index in [-0.39, 0.29) is 17.2 Å².